The van der Waals surface area contributed by atoms with Gasteiger partial charge in [0.15, 0.2) is 0 Å². The molecule has 7 nitrogen and oxygen atoms in total. The van der Waals surface area contributed by atoms with Crippen LogP contribution in [-0.2, 0) is 11.3 Å². The van der Waals surface area contributed by atoms with E-state index in [1.54, 1.807) is 36.4 Å². The minimum atomic E-state index is -0.303. The van der Waals surface area contributed by atoms with Crippen molar-refractivity contribution in [2.45, 2.75) is 19.4 Å². The number of anilines is 2. The van der Waals surface area contributed by atoms with E-state index in [0.29, 0.717) is 29.9 Å². The number of likely N-dealkylation sites (tertiary alicyclic amines) is 1. The van der Waals surface area contributed by atoms with Gasteiger partial charge >= 0.3 is 6.03 Å². The van der Waals surface area contributed by atoms with Gasteiger partial charge in [-0.25, -0.2) is 4.79 Å². The lowest BCUT2D eigenvalue weighted by Crippen LogP contribution is -2.24. The van der Waals surface area contributed by atoms with Crippen molar-refractivity contribution in [2.75, 3.05) is 24.2 Å². The molecule has 3 N–H and O–H groups in total. The summed E-state index contributed by atoms with van der Waals surface area (Å²) in [7, 11) is 1.54. The molecule has 0 radical (unpaired) electrons. The number of carbonyl (C=O) groups excluding carboxylic acids is 3. The fourth-order valence-electron chi connectivity index (χ4n) is 2.89. The summed E-state index contributed by atoms with van der Waals surface area (Å²) in [5.41, 5.74) is 2.81. The molecule has 1 aliphatic heterocycles. The van der Waals surface area contributed by atoms with Crippen LogP contribution in [0.4, 0.5) is 16.2 Å². The second-order valence-corrected chi connectivity index (χ2v) is 6.35. The average molecular weight is 366 g/mol. The van der Waals surface area contributed by atoms with Crippen molar-refractivity contribution in [1.29, 1.82) is 0 Å². The Kier molecular flexibility index (Phi) is 5.71. The molecule has 1 aliphatic rings. The second-order valence-electron chi connectivity index (χ2n) is 6.35. The van der Waals surface area contributed by atoms with E-state index in [-0.39, 0.29) is 17.8 Å². The quantitative estimate of drug-likeness (QED) is 0.760. The van der Waals surface area contributed by atoms with Crippen molar-refractivity contribution in [3.05, 3.63) is 59.7 Å². The summed E-state index contributed by atoms with van der Waals surface area (Å²) >= 11 is 0. The molecule has 0 saturated carbocycles. The zero-order valence-corrected chi connectivity index (χ0v) is 15.1. The first-order valence-corrected chi connectivity index (χ1v) is 8.82. The Morgan fingerprint density at radius 1 is 0.963 bits per heavy atom. The lowest BCUT2D eigenvalue weighted by atomic mass is 10.1. The van der Waals surface area contributed by atoms with E-state index >= 15 is 0 Å². The first kappa shape index (κ1) is 18.4. The number of amides is 4. The van der Waals surface area contributed by atoms with Gasteiger partial charge in [-0.2, -0.15) is 0 Å². The van der Waals surface area contributed by atoms with Crippen LogP contribution in [0.1, 0.15) is 28.8 Å². The highest BCUT2D eigenvalue weighted by molar-refractivity contribution is 6.04. The number of benzene rings is 2. The first-order chi connectivity index (χ1) is 13.0. The van der Waals surface area contributed by atoms with E-state index in [9.17, 15) is 14.4 Å². The van der Waals surface area contributed by atoms with Crippen molar-refractivity contribution < 1.29 is 14.4 Å². The molecule has 1 heterocycles. The van der Waals surface area contributed by atoms with Crippen molar-refractivity contribution >= 4 is 29.2 Å². The smallest absolute Gasteiger partial charge is 0.318 e. The summed E-state index contributed by atoms with van der Waals surface area (Å²) in [6.07, 6.45) is 1.54. The van der Waals surface area contributed by atoms with Crippen LogP contribution >= 0.6 is 0 Å². The highest BCUT2D eigenvalue weighted by Crippen LogP contribution is 2.17. The Balaban J connectivity index is 1.57. The van der Waals surface area contributed by atoms with E-state index in [1.807, 2.05) is 17.0 Å². The molecule has 1 fully saturated rings. The zero-order valence-electron chi connectivity index (χ0n) is 15.1. The predicted octanol–water partition coefficient (Wildman–Crippen LogP) is 2.81. The van der Waals surface area contributed by atoms with E-state index in [1.165, 1.54) is 7.05 Å². The number of rotatable bonds is 5. The third-order valence-corrected chi connectivity index (χ3v) is 4.39. The topological polar surface area (TPSA) is 90.5 Å². The molecule has 3 rings (SSSR count). The first-order valence-electron chi connectivity index (χ1n) is 8.82. The maximum atomic E-state index is 12.4. The van der Waals surface area contributed by atoms with Crippen molar-refractivity contribution in [3.63, 3.8) is 0 Å². The van der Waals surface area contributed by atoms with Gasteiger partial charge in [0.25, 0.3) is 5.91 Å². The molecule has 140 valence electrons. The van der Waals surface area contributed by atoms with Crippen LogP contribution in [0, 0.1) is 0 Å². The lowest BCUT2D eigenvalue weighted by molar-refractivity contribution is -0.128. The summed E-state index contributed by atoms with van der Waals surface area (Å²) in [6.45, 7) is 1.38. The fourth-order valence-corrected chi connectivity index (χ4v) is 2.89. The number of carbonyl (C=O) groups is 3. The van der Waals surface area contributed by atoms with Crippen LogP contribution in [-0.4, -0.2) is 36.3 Å². The van der Waals surface area contributed by atoms with Gasteiger partial charge in [-0.1, -0.05) is 12.1 Å². The van der Waals surface area contributed by atoms with Gasteiger partial charge in [-0.05, 0) is 48.4 Å². The maximum Gasteiger partial charge on any atom is 0.318 e. The molecule has 4 amide bonds. The van der Waals surface area contributed by atoms with Crippen LogP contribution in [0.5, 0.6) is 0 Å². The Morgan fingerprint density at radius 2 is 1.59 bits per heavy atom. The third-order valence-electron chi connectivity index (χ3n) is 4.39. The minimum Gasteiger partial charge on any atom is -0.341 e. The van der Waals surface area contributed by atoms with E-state index in [0.717, 1.165) is 18.5 Å². The molecule has 0 spiro atoms. The van der Waals surface area contributed by atoms with Gasteiger partial charge in [-0.15, -0.1) is 0 Å². The zero-order chi connectivity index (χ0) is 19.2. The molecule has 2 aromatic rings. The van der Waals surface area contributed by atoms with Gasteiger partial charge in [0, 0.05) is 43.5 Å². The fraction of sp³-hybridized carbons (Fsp3) is 0.250. The summed E-state index contributed by atoms with van der Waals surface area (Å²) in [5, 5.41) is 7.94. The third kappa shape index (κ3) is 4.84. The van der Waals surface area contributed by atoms with E-state index in [4.69, 9.17) is 0 Å². The highest BCUT2D eigenvalue weighted by atomic mass is 16.2. The van der Waals surface area contributed by atoms with Crippen molar-refractivity contribution in [1.82, 2.24) is 10.2 Å². The molecular weight excluding hydrogens is 344 g/mol. The summed E-state index contributed by atoms with van der Waals surface area (Å²) < 4.78 is 0. The predicted molar refractivity (Wildman–Crippen MR) is 104 cm³/mol. The molecule has 0 unspecified atom stereocenters. The molecule has 7 heteroatoms. The molecule has 0 atom stereocenters. The number of urea groups is 1. The SMILES string of the molecule is CNC(=O)Nc1ccc(NC(=O)c2ccc(CN3CCCC3=O)cc2)cc1. The Bertz CT molecular complexity index is 831. The Morgan fingerprint density at radius 3 is 2.15 bits per heavy atom. The standard InChI is InChI=1S/C20H22N4O3/c1-21-20(27)23-17-10-8-16(9-11-17)22-19(26)15-6-4-14(5-7-15)13-24-12-2-3-18(24)25/h4-11H,2-3,12-13H2,1H3,(H,22,26)(H2,21,23,27). The second kappa shape index (κ2) is 8.35. The van der Waals surface area contributed by atoms with E-state index in [2.05, 4.69) is 16.0 Å². The largest absolute Gasteiger partial charge is 0.341 e. The summed E-state index contributed by atoms with van der Waals surface area (Å²) in [6, 6.07) is 13.8. The Labute approximate surface area is 157 Å². The monoisotopic (exact) mass is 366 g/mol. The normalized spacial score (nSPS) is 13.4. The molecule has 1 saturated heterocycles. The van der Waals surface area contributed by atoms with Gasteiger partial charge in [0.2, 0.25) is 5.91 Å². The van der Waals surface area contributed by atoms with Gasteiger partial charge in [0.1, 0.15) is 0 Å². The van der Waals surface area contributed by atoms with Gasteiger partial charge in [-0.3, -0.25) is 9.59 Å². The molecule has 0 aromatic heterocycles. The number of nitrogens with zero attached hydrogens (tertiary/aromatic N) is 1. The molecule has 27 heavy (non-hydrogen) atoms. The average Bonchev–Trinajstić information content (AvgIpc) is 3.08. The molecular formula is C20H22N4O3. The summed E-state index contributed by atoms with van der Waals surface area (Å²) in [5.74, 6) is -0.0306. The van der Waals surface area contributed by atoms with Crippen LogP contribution in [0.15, 0.2) is 48.5 Å². The summed E-state index contributed by atoms with van der Waals surface area (Å²) in [4.78, 5) is 37.2. The molecule has 0 bridgehead atoms. The van der Waals surface area contributed by atoms with Crippen LogP contribution in [0.3, 0.4) is 0 Å². The molecule has 0 aliphatic carbocycles. The number of hydrogen-bond acceptors (Lipinski definition) is 3. The number of hydrogen-bond donors (Lipinski definition) is 3. The number of nitrogens with one attached hydrogen (secondary N) is 3. The molecule has 2 aromatic carbocycles. The van der Waals surface area contributed by atoms with Crippen molar-refractivity contribution in [3.8, 4) is 0 Å². The lowest BCUT2D eigenvalue weighted by Gasteiger charge is -2.15. The van der Waals surface area contributed by atoms with Crippen molar-refractivity contribution in [2.24, 2.45) is 0 Å². The van der Waals surface area contributed by atoms with E-state index < -0.39 is 0 Å². The van der Waals surface area contributed by atoms with Crippen LogP contribution < -0.4 is 16.0 Å². The highest BCUT2D eigenvalue weighted by Gasteiger charge is 2.20. The Hall–Kier alpha value is -3.35. The van der Waals surface area contributed by atoms with Crippen LogP contribution in [0.25, 0.3) is 0 Å². The van der Waals surface area contributed by atoms with Gasteiger partial charge < -0.3 is 20.9 Å². The minimum absolute atomic E-state index is 0.186. The maximum absolute atomic E-state index is 12.4. The van der Waals surface area contributed by atoms with Gasteiger partial charge in [0.05, 0.1) is 0 Å². The van der Waals surface area contributed by atoms with Crippen LogP contribution in [0.2, 0.25) is 0 Å².